The fourth-order valence-corrected chi connectivity index (χ4v) is 3.00. The molecule has 24 heavy (non-hydrogen) atoms. The number of ketones is 2. The summed E-state index contributed by atoms with van der Waals surface area (Å²) in [6.07, 6.45) is 0.610. The van der Waals surface area contributed by atoms with Crippen LogP contribution in [-0.4, -0.2) is 37.1 Å². The zero-order valence-electron chi connectivity index (χ0n) is 13.9. The second-order valence-electron chi connectivity index (χ2n) is 6.17. The summed E-state index contributed by atoms with van der Waals surface area (Å²) in [6, 6.07) is 16.1. The van der Waals surface area contributed by atoms with Gasteiger partial charge in [0, 0.05) is 24.1 Å². The zero-order valence-corrected chi connectivity index (χ0v) is 13.9. The molecule has 0 amide bonds. The number of fused-ring (bicyclic) bond motifs is 1. The summed E-state index contributed by atoms with van der Waals surface area (Å²) in [5.41, 5.74) is 0.173. The van der Waals surface area contributed by atoms with Crippen LogP contribution in [0.25, 0.3) is 0 Å². The first-order valence-corrected chi connectivity index (χ1v) is 7.96. The van der Waals surface area contributed by atoms with Gasteiger partial charge in [-0.25, -0.2) is 0 Å². The van der Waals surface area contributed by atoms with Crippen LogP contribution in [0.3, 0.4) is 0 Å². The van der Waals surface area contributed by atoms with Gasteiger partial charge in [-0.05, 0) is 19.7 Å². The molecular formula is C21H19NO2. The van der Waals surface area contributed by atoms with Gasteiger partial charge in [-0.15, -0.1) is 5.92 Å². The van der Waals surface area contributed by atoms with Crippen LogP contribution < -0.4 is 0 Å². The Kier molecular flexibility index (Phi) is 4.33. The number of carbonyl (C=O) groups is 2. The highest BCUT2D eigenvalue weighted by Gasteiger charge is 2.53. The van der Waals surface area contributed by atoms with Crippen LogP contribution in [0.5, 0.6) is 0 Å². The molecule has 2 aromatic rings. The average molecular weight is 317 g/mol. The smallest absolute Gasteiger partial charge is 0.194 e. The summed E-state index contributed by atoms with van der Waals surface area (Å²) in [7, 11) is 3.94. The first-order chi connectivity index (χ1) is 11.6. The first-order valence-electron chi connectivity index (χ1n) is 7.96. The van der Waals surface area contributed by atoms with Crippen LogP contribution in [-0.2, 0) is 5.41 Å². The highest BCUT2D eigenvalue weighted by atomic mass is 16.2. The lowest BCUT2D eigenvalue weighted by atomic mass is 9.76. The molecular weight excluding hydrogens is 298 g/mol. The van der Waals surface area contributed by atoms with Crippen molar-refractivity contribution < 1.29 is 9.59 Å². The van der Waals surface area contributed by atoms with E-state index in [2.05, 4.69) is 11.8 Å². The minimum absolute atomic E-state index is 0.216. The number of hydrogen-bond donors (Lipinski definition) is 0. The van der Waals surface area contributed by atoms with Crippen molar-refractivity contribution in [2.24, 2.45) is 0 Å². The Hall–Kier alpha value is -2.70. The Labute approximate surface area is 142 Å². The van der Waals surface area contributed by atoms with Gasteiger partial charge in [-0.1, -0.05) is 60.5 Å². The summed E-state index contributed by atoms with van der Waals surface area (Å²) >= 11 is 0. The molecule has 3 heteroatoms. The number of hydrogen-bond acceptors (Lipinski definition) is 3. The van der Waals surface area contributed by atoms with Gasteiger partial charge in [0.2, 0.25) is 0 Å². The highest BCUT2D eigenvalue weighted by Crippen LogP contribution is 2.39. The minimum atomic E-state index is -1.41. The van der Waals surface area contributed by atoms with Crippen molar-refractivity contribution in [1.82, 2.24) is 4.90 Å². The molecule has 0 saturated carbocycles. The van der Waals surface area contributed by atoms with Gasteiger partial charge in [0.05, 0.1) is 0 Å². The molecule has 1 aliphatic rings. The van der Waals surface area contributed by atoms with Gasteiger partial charge in [0.25, 0.3) is 0 Å². The fraction of sp³-hybridized carbons (Fsp3) is 0.238. The van der Waals surface area contributed by atoms with E-state index in [9.17, 15) is 9.59 Å². The molecule has 3 rings (SSSR count). The molecule has 120 valence electrons. The van der Waals surface area contributed by atoms with E-state index in [1.165, 1.54) is 0 Å². The van der Waals surface area contributed by atoms with Gasteiger partial charge in [0.1, 0.15) is 0 Å². The third-order valence-corrected chi connectivity index (χ3v) is 4.26. The molecule has 0 N–H and O–H groups in total. The fourth-order valence-electron chi connectivity index (χ4n) is 3.00. The number of benzene rings is 2. The predicted molar refractivity (Wildman–Crippen MR) is 94.2 cm³/mol. The van der Waals surface area contributed by atoms with E-state index >= 15 is 0 Å². The SMILES string of the molecule is CN(C)CCC#CC1(c2ccccc2)C(=O)c2ccccc2C1=O. The van der Waals surface area contributed by atoms with Gasteiger partial charge < -0.3 is 4.90 Å². The average Bonchev–Trinajstić information content (AvgIpc) is 2.82. The van der Waals surface area contributed by atoms with Gasteiger partial charge >= 0.3 is 0 Å². The molecule has 0 saturated heterocycles. The Morgan fingerprint density at radius 3 is 1.96 bits per heavy atom. The molecule has 3 nitrogen and oxygen atoms in total. The molecule has 2 aromatic carbocycles. The molecule has 1 aliphatic carbocycles. The number of nitrogens with zero attached hydrogens (tertiary/aromatic N) is 1. The molecule has 0 spiro atoms. The predicted octanol–water partition coefficient (Wildman–Crippen LogP) is 2.96. The second-order valence-corrected chi connectivity index (χ2v) is 6.17. The van der Waals surface area contributed by atoms with E-state index in [4.69, 9.17) is 0 Å². The normalized spacial score (nSPS) is 15.1. The van der Waals surface area contributed by atoms with E-state index in [0.717, 1.165) is 6.54 Å². The van der Waals surface area contributed by atoms with Crippen molar-refractivity contribution in [2.75, 3.05) is 20.6 Å². The summed E-state index contributed by atoms with van der Waals surface area (Å²) < 4.78 is 0. The third kappa shape index (κ3) is 2.55. The maximum atomic E-state index is 13.1. The molecule has 0 heterocycles. The monoisotopic (exact) mass is 317 g/mol. The molecule has 0 radical (unpaired) electrons. The molecule has 0 fully saturated rings. The lowest BCUT2D eigenvalue weighted by Crippen LogP contribution is -2.37. The Morgan fingerprint density at radius 1 is 0.875 bits per heavy atom. The van der Waals surface area contributed by atoms with Crippen molar-refractivity contribution in [3.05, 3.63) is 71.3 Å². The number of Topliss-reactive ketones (excluding diaryl/α,β-unsaturated/α-hetero) is 2. The van der Waals surface area contributed by atoms with Crippen LogP contribution in [0.15, 0.2) is 54.6 Å². The highest BCUT2D eigenvalue weighted by molar-refractivity contribution is 6.35. The van der Waals surface area contributed by atoms with E-state index < -0.39 is 5.41 Å². The number of carbonyl (C=O) groups excluding carboxylic acids is 2. The summed E-state index contributed by atoms with van der Waals surface area (Å²) in [4.78, 5) is 28.3. The third-order valence-electron chi connectivity index (χ3n) is 4.26. The van der Waals surface area contributed by atoms with Crippen LogP contribution in [0.4, 0.5) is 0 Å². The minimum Gasteiger partial charge on any atom is -0.308 e. The first kappa shape index (κ1) is 16.2. The zero-order chi connectivity index (χ0) is 17.2. The Bertz CT molecular complexity index is 806. The Balaban J connectivity index is 2.12. The number of rotatable bonds is 3. The molecule has 0 aromatic heterocycles. The van der Waals surface area contributed by atoms with Gasteiger partial charge in [0.15, 0.2) is 17.0 Å². The van der Waals surface area contributed by atoms with Crippen LogP contribution >= 0.6 is 0 Å². The van der Waals surface area contributed by atoms with Crippen molar-refractivity contribution in [3.63, 3.8) is 0 Å². The van der Waals surface area contributed by atoms with Crippen LogP contribution in [0.1, 0.15) is 32.7 Å². The maximum Gasteiger partial charge on any atom is 0.194 e. The molecule has 0 unspecified atom stereocenters. The van der Waals surface area contributed by atoms with Crippen LogP contribution in [0, 0.1) is 11.8 Å². The van der Waals surface area contributed by atoms with Crippen molar-refractivity contribution in [2.45, 2.75) is 11.8 Å². The molecule has 0 aliphatic heterocycles. The van der Waals surface area contributed by atoms with Crippen LogP contribution in [0.2, 0.25) is 0 Å². The quantitative estimate of drug-likeness (QED) is 0.645. The van der Waals surface area contributed by atoms with E-state index in [1.54, 1.807) is 24.3 Å². The lowest BCUT2D eigenvalue weighted by Gasteiger charge is -2.20. The van der Waals surface area contributed by atoms with Crippen molar-refractivity contribution in [1.29, 1.82) is 0 Å². The van der Waals surface area contributed by atoms with E-state index in [0.29, 0.717) is 23.1 Å². The van der Waals surface area contributed by atoms with Gasteiger partial charge in [-0.3, -0.25) is 9.59 Å². The van der Waals surface area contributed by atoms with Crippen molar-refractivity contribution in [3.8, 4) is 11.8 Å². The Morgan fingerprint density at radius 2 is 1.42 bits per heavy atom. The lowest BCUT2D eigenvalue weighted by molar-refractivity contribution is 0.0842. The maximum absolute atomic E-state index is 13.1. The topological polar surface area (TPSA) is 37.4 Å². The summed E-state index contributed by atoms with van der Waals surface area (Å²) in [6.45, 7) is 0.785. The largest absolute Gasteiger partial charge is 0.308 e. The summed E-state index contributed by atoms with van der Waals surface area (Å²) in [5.74, 6) is 5.67. The molecule has 0 atom stereocenters. The van der Waals surface area contributed by atoms with Gasteiger partial charge in [-0.2, -0.15) is 0 Å². The second kappa shape index (κ2) is 6.43. The molecule has 0 bridgehead atoms. The van der Waals surface area contributed by atoms with E-state index in [1.807, 2.05) is 49.3 Å². The standard InChI is InChI=1S/C21H19NO2/c1-22(2)15-9-8-14-21(16-10-4-3-5-11-16)19(23)17-12-6-7-13-18(17)20(21)24/h3-7,10-13H,9,15H2,1-2H3. The van der Waals surface area contributed by atoms with E-state index in [-0.39, 0.29) is 11.6 Å². The van der Waals surface area contributed by atoms with Crippen molar-refractivity contribution >= 4 is 11.6 Å². The summed E-state index contributed by atoms with van der Waals surface area (Å²) in [5, 5.41) is 0.